The number of nitrogens with one attached hydrogen (secondary N) is 1. The molecule has 7 nitrogen and oxygen atoms in total. The number of aryl methyl sites for hydroxylation is 1. The zero-order chi connectivity index (χ0) is 16.2. The van der Waals surface area contributed by atoms with E-state index in [1.807, 2.05) is 24.3 Å². The summed E-state index contributed by atoms with van der Waals surface area (Å²) >= 11 is 0. The molecule has 0 fully saturated rings. The number of hydrogen-bond donors (Lipinski definition) is 1. The molecular formula is C16H15N5O2. The smallest absolute Gasteiger partial charge is 0.255 e. The van der Waals surface area contributed by atoms with Crippen molar-refractivity contribution in [2.75, 3.05) is 12.4 Å². The summed E-state index contributed by atoms with van der Waals surface area (Å²) < 4.78 is 6.71. The number of hydrogen-bond acceptors (Lipinski definition) is 5. The summed E-state index contributed by atoms with van der Waals surface area (Å²) in [6.07, 6.45) is 0. The van der Waals surface area contributed by atoms with E-state index in [-0.39, 0.29) is 5.91 Å². The van der Waals surface area contributed by atoms with Crippen molar-refractivity contribution in [2.45, 2.75) is 0 Å². The second-order valence-electron chi connectivity index (χ2n) is 4.89. The molecule has 3 rings (SSSR count). The zero-order valence-corrected chi connectivity index (χ0v) is 12.7. The predicted molar refractivity (Wildman–Crippen MR) is 85.2 cm³/mol. The fraction of sp³-hybridized carbons (Fsp3) is 0.125. The van der Waals surface area contributed by atoms with E-state index in [9.17, 15) is 4.79 Å². The number of tetrazole rings is 1. The third-order valence-corrected chi connectivity index (χ3v) is 3.35. The summed E-state index contributed by atoms with van der Waals surface area (Å²) in [7, 11) is 3.34. The highest BCUT2D eigenvalue weighted by molar-refractivity contribution is 6.04. The van der Waals surface area contributed by atoms with E-state index in [0.29, 0.717) is 22.8 Å². The minimum absolute atomic E-state index is 0.197. The van der Waals surface area contributed by atoms with Gasteiger partial charge < -0.3 is 10.1 Å². The molecule has 1 aromatic heterocycles. The zero-order valence-electron chi connectivity index (χ0n) is 12.7. The normalized spacial score (nSPS) is 10.3. The second-order valence-corrected chi connectivity index (χ2v) is 4.89. The molecular weight excluding hydrogens is 294 g/mol. The van der Waals surface area contributed by atoms with Crippen LogP contribution in [0, 0.1) is 0 Å². The first-order valence-corrected chi connectivity index (χ1v) is 6.95. The van der Waals surface area contributed by atoms with Crippen molar-refractivity contribution in [3.8, 4) is 17.1 Å². The number of carbonyl (C=O) groups excluding carboxylic acids is 1. The Labute approximate surface area is 132 Å². The fourth-order valence-corrected chi connectivity index (χ4v) is 2.14. The number of carbonyl (C=O) groups is 1. The average molecular weight is 309 g/mol. The van der Waals surface area contributed by atoms with Gasteiger partial charge in [0, 0.05) is 23.9 Å². The molecule has 1 amide bonds. The highest BCUT2D eigenvalue weighted by Crippen LogP contribution is 2.19. The van der Waals surface area contributed by atoms with Gasteiger partial charge in [-0.3, -0.25) is 4.79 Å². The topological polar surface area (TPSA) is 81.9 Å². The van der Waals surface area contributed by atoms with Crippen LogP contribution in [-0.2, 0) is 7.05 Å². The molecule has 116 valence electrons. The number of benzene rings is 2. The lowest BCUT2D eigenvalue weighted by atomic mass is 10.1. The van der Waals surface area contributed by atoms with Crippen LogP contribution in [0.1, 0.15) is 10.4 Å². The maximum Gasteiger partial charge on any atom is 0.255 e. The van der Waals surface area contributed by atoms with Crippen LogP contribution in [0.5, 0.6) is 5.75 Å². The van der Waals surface area contributed by atoms with Crippen molar-refractivity contribution >= 4 is 11.6 Å². The van der Waals surface area contributed by atoms with Crippen LogP contribution < -0.4 is 10.1 Å². The third kappa shape index (κ3) is 3.18. The first-order valence-electron chi connectivity index (χ1n) is 6.95. The van der Waals surface area contributed by atoms with Crippen molar-refractivity contribution < 1.29 is 9.53 Å². The van der Waals surface area contributed by atoms with Gasteiger partial charge in [0.2, 0.25) is 0 Å². The van der Waals surface area contributed by atoms with Gasteiger partial charge in [0.25, 0.3) is 5.91 Å². The van der Waals surface area contributed by atoms with E-state index in [2.05, 4.69) is 20.8 Å². The lowest BCUT2D eigenvalue weighted by molar-refractivity contribution is 0.102. The number of amides is 1. The molecule has 23 heavy (non-hydrogen) atoms. The van der Waals surface area contributed by atoms with Gasteiger partial charge in [-0.1, -0.05) is 6.07 Å². The number of nitrogens with zero attached hydrogens (tertiary/aromatic N) is 4. The molecule has 0 saturated heterocycles. The van der Waals surface area contributed by atoms with Crippen LogP contribution in [0.25, 0.3) is 11.4 Å². The van der Waals surface area contributed by atoms with Crippen molar-refractivity contribution in [2.24, 2.45) is 7.05 Å². The van der Waals surface area contributed by atoms with Crippen LogP contribution in [0.2, 0.25) is 0 Å². The average Bonchev–Trinajstić information content (AvgIpc) is 3.01. The standard InChI is InChI=1S/C16H15N5O2/c1-21-15(18-19-20-21)11-6-8-13(9-7-11)17-16(22)12-4-3-5-14(10-12)23-2/h3-10H,1-2H3,(H,17,22). The van der Waals surface area contributed by atoms with Crippen LogP contribution in [0.4, 0.5) is 5.69 Å². The van der Waals surface area contributed by atoms with Gasteiger partial charge in [-0.25, -0.2) is 4.68 Å². The van der Waals surface area contributed by atoms with E-state index in [1.165, 1.54) is 0 Å². The Morgan fingerprint density at radius 3 is 2.61 bits per heavy atom. The SMILES string of the molecule is COc1cccc(C(=O)Nc2ccc(-c3nnnn3C)cc2)c1. The molecule has 0 aliphatic rings. The molecule has 0 aliphatic heterocycles. The first-order chi connectivity index (χ1) is 11.2. The molecule has 0 spiro atoms. The molecule has 0 aliphatic carbocycles. The number of aromatic nitrogens is 4. The summed E-state index contributed by atoms with van der Waals surface area (Å²) in [5.74, 6) is 1.11. The quantitative estimate of drug-likeness (QED) is 0.798. The Kier molecular flexibility index (Phi) is 4.01. The van der Waals surface area contributed by atoms with Crippen molar-refractivity contribution in [3.05, 3.63) is 54.1 Å². The van der Waals surface area contributed by atoms with Gasteiger partial charge in [0.1, 0.15) is 5.75 Å². The summed E-state index contributed by atoms with van der Waals surface area (Å²) in [5.41, 5.74) is 2.10. The number of anilines is 1. The summed E-state index contributed by atoms with van der Waals surface area (Å²) in [6, 6.07) is 14.3. The van der Waals surface area contributed by atoms with Crippen LogP contribution in [-0.4, -0.2) is 33.2 Å². The second kappa shape index (κ2) is 6.27. The Morgan fingerprint density at radius 1 is 1.17 bits per heavy atom. The molecule has 7 heteroatoms. The van der Waals surface area contributed by atoms with Gasteiger partial charge in [-0.15, -0.1) is 5.10 Å². The van der Waals surface area contributed by atoms with Crippen LogP contribution in [0.15, 0.2) is 48.5 Å². The minimum Gasteiger partial charge on any atom is -0.497 e. The first kappa shape index (κ1) is 14.7. The highest BCUT2D eigenvalue weighted by Gasteiger charge is 2.09. The van der Waals surface area contributed by atoms with Crippen LogP contribution >= 0.6 is 0 Å². The summed E-state index contributed by atoms with van der Waals surface area (Å²) in [6.45, 7) is 0. The van der Waals surface area contributed by atoms with E-state index >= 15 is 0 Å². The maximum absolute atomic E-state index is 12.2. The minimum atomic E-state index is -0.197. The van der Waals surface area contributed by atoms with Gasteiger partial charge in [-0.05, 0) is 52.9 Å². The molecule has 2 aromatic carbocycles. The number of rotatable bonds is 4. The molecule has 3 aromatic rings. The maximum atomic E-state index is 12.2. The molecule has 0 radical (unpaired) electrons. The molecule has 0 unspecified atom stereocenters. The largest absolute Gasteiger partial charge is 0.497 e. The Balaban J connectivity index is 1.75. The Hall–Kier alpha value is -3.22. The summed E-state index contributed by atoms with van der Waals surface area (Å²) in [5, 5.41) is 14.2. The highest BCUT2D eigenvalue weighted by atomic mass is 16.5. The van der Waals surface area contributed by atoms with Crippen molar-refractivity contribution in [3.63, 3.8) is 0 Å². The molecule has 1 heterocycles. The van der Waals surface area contributed by atoms with Gasteiger partial charge >= 0.3 is 0 Å². The fourth-order valence-electron chi connectivity index (χ4n) is 2.14. The Bertz CT molecular complexity index is 826. The Morgan fingerprint density at radius 2 is 1.96 bits per heavy atom. The lowest BCUT2D eigenvalue weighted by Gasteiger charge is -2.07. The lowest BCUT2D eigenvalue weighted by Crippen LogP contribution is -2.11. The van der Waals surface area contributed by atoms with E-state index in [4.69, 9.17) is 4.74 Å². The van der Waals surface area contributed by atoms with Crippen LogP contribution in [0.3, 0.4) is 0 Å². The third-order valence-electron chi connectivity index (χ3n) is 3.35. The van der Waals surface area contributed by atoms with Gasteiger partial charge in [0.15, 0.2) is 5.82 Å². The molecule has 0 bridgehead atoms. The summed E-state index contributed by atoms with van der Waals surface area (Å²) in [4.78, 5) is 12.2. The number of ether oxygens (including phenoxy) is 1. The predicted octanol–water partition coefficient (Wildman–Crippen LogP) is 2.14. The number of methoxy groups -OCH3 is 1. The van der Waals surface area contributed by atoms with Gasteiger partial charge in [0.05, 0.1) is 7.11 Å². The molecule has 0 saturated carbocycles. The molecule has 0 atom stereocenters. The van der Waals surface area contributed by atoms with Crippen molar-refractivity contribution in [1.82, 2.24) is 20.2 Å². The monoisotopic (exact) mass is 309 g/mol. The van der Waals surface area contributed by atoms with Crippen molar-refractivity contribution in [1.29, 1.82) is 0 Å². The van der Waals surface area contributed by atoms with E-state index in [0.717, 1.165) is 5.56 Å². The van der Waals surface area contributed by atoms with E-state index < -0.39 is 0 Å². The molecule has 1 N–H and O–H groups in total. The van der Waals surface area contributed by atoms with Gasteiger partial charge in [-0.2, -0.15) is 0 Å². The van der Waals surface area contributed by atoms with E-state index in [1.54, 1.807) is 43.1 Å².